The summed E-state index contributed by atoms with van der Waals surface area (Å²) in [5.74, 6) is 0.939. The highest BCUT2D eigenvalue weighted by atomic mass is 32.1. The number of aryl methyl sites for hydroxylation is 3. The van der Waals surface area contributed by atoms with Crippen molar-refractivity contribution in [2.24, 2.45) is 0 Å². The van der Waals surface area contributed by atoms with Crippen molar-refractivity contribution in [2.45, 2.75) is 27.2 Å². The summed E-state index contributed by atoms with van der Waals surface area (Å²) in [6, 6.07) is 10.1. The van der Waals surface area contributed by atoms with Crippen LogP contribution in [0.15, 0.2) is 36.5 Å². The number of hydrogen-bond donors (Lipinski definition) is 1. The topological polar surface area (TPSA) is 42.4 Å². The first-order valence-corrected chi connectivity index (χ1v) is 8.75. The molecule has 1 aromatic heterocycles. The van der Waals surface area contributed by atoms with E-state index in [4.69, 9.17) is 4.74 Å². The monoisotopic (exact) mass is 339 g/mol. The predicted octanol–water partition coefficient (Wildman–Crippen LogP) is 5.37. The third kappa shape index (κ3) is 2.89. The fourth-order valence-corrected chi connectivity index (χ4v) is 3.60. The molecule has 3 nitrogen and oxygen atoms in total. The Morgan fingerprint density at radius 1 is 1.08 bits per heavy atom. The van der Waals surface area contributed by atoms with Crippen LogP contribution in [-0.4, -0.2) is 16.6 Å². The molecule has 3 rings (SSSR count). The molecule has 0 radical (unpaired) electrons. The van der Waals surface area contributed by atoms with Crippen LogP contribution in [0.5, 0.6) is 11.5 Å². The van der Waals surface area contributed by atoms with Gasteiger partial charge in [0.25, 0.3) is 0 Å². The van der Waals surface area contributed by atoms with Crippen molar-refractivity contribution >= 4 is 11.5 Å². The number of rotatable bonds is 4. The number of ether oxygens (including phenoxy) is 1. The van der Waals surface area contributed by atoms with Gasteiger partial charge < -0.3 is 9.84 Å². The number of phenolic OH excluding ortho intramolecular Hbond substituents is 1. The number of methoxy groups -OCH3 is 1. The number of aromatic nitrogens is 1. The quantitative estimate of drug-likeness (QED) is 0.695. The fourth-order valence-electron chi connectivity index (χ4n) is 2.81. The predicted molar refractivity (Wildman–Crippen MR) is 100 cm³/mol. The van der Waals surface area contributed by atoms with Crippen molar-refractivity contribution in [3.8, 4) is 33.1 Å². The molecular formula is C20H21NO2S. The van der Waals surface area contributed by atoms with E-state index in [0.717, 1.165) is 39.3 Å². The molecule has 0 aliphatic rings. The molecule has 0 fully saturated rings. The first-order chi connectivity index (χ1) is 11.5. The Bertz CT molecular complexity index is 883. The van der Waals surface area contributed by atoms with Gasteiger partial charge in [0, 0.05) is 23.4 Å². The van der Waals surface area contributed by atoms with Gasteiger partial charge in [0.15, 0.2) is 0 Å². The largest absolute Gasteiger partial charge is 0.507 e. The molecule has 4 heteroatoms. The molecule has 0 saturated heterocycles. The SMILES string of the molecule is CCc1cc(-c2sncc2-c2ccc(C)c(C)c2)c(O)cc1OC. The standard InChI is InChI=1S/C20H21NO2S/c1-5-14-9-16(18(22)10-19(14)23-4)20-17(11-21-24-20)15-7-6-12(2)13(3)8-15/h6-11,22H,5H2,1-4H3. The maximum atomic E-state index is 10.5. The molecule has 3 aromatic rings. The van der Waals surface area contributed by atoms with E-state index in [0.29, 0.717) is 0 Å². The summed E-state index contributed by atoms with van der Waals surface area (Å²) in [6.45, 7) is 6.29. The fraction of sp³-hybridized carbons (Fsp3) is 0.250. The first-order valence-electron chi connectivity index (χ1n) is 7.97. The van der Waals surface area contributed by atoms with Crippen molar-refractivity contribution in [1.82, 2.24) is 4.37 Å². The zero-order valence-corrected chi connectivity index (χ0v) is 15.2. The van der Waals surface area contributed by atoms with Crippen LogP contribution in [0.3, 0.4) is 0 Å². The van der Waals surface area contributed by atoms with Crippen LogP contribution in [0.25, 0.3) is 21.6 Å². The van der Waals surface area contributed by atoms with Crippen LogP contribution in [0.4, 0.5) is 0 Å². The maximum Gasteiger partial charge on any atom is 0.128 e. The third-order valence-corrected chi connectivity index (χ3v) is 5.25. The molecule has 0 amide bonds. The number of phenols is 1. The average molecular weight is 339 g/mol. The molecule has 24 heavy (non-hydrogen) atoms. The van der Waals surface area contributed by atoms with Gasteiger partial charge in [0.05, 0.1) is 12.0 Å². The molecule has 0 bridgehead atoms. The summed E-state index contributed by atoms with van der Waals surface area (Å²) in [4.78, 5) is 0.980. The molecule has 0 aliphatic heterocycles. The number of nitrogens with zero attached hydrogens (tertiary/aromatic N) is 1. The summed E-state index contributed by atoms with van der Waals surface area (Å²) < 4.78 is 9.73. The minimum atomic E-state index is 0.221. The Kier molecular flexibility index (Phi) is 4.58. The van der Waals surface area contributed by atoms with Gasteiger partial charge in [-0.3, -0.25) is 0 Å². The van der Waals surface area contributed by atoms with E-state index in [-0.39, 0.29) is 5.75 Å². The van der Waals surface area contributed by atoms with Crippen LogP contribution >= 0.6 is 11.5 Å². The van der Waals surface area contributed by atoms with Gasteiger partial charge in [0.2, 0.25) is 0 Å². The van der Waals surface area contributed by atoms with Gasteiger partial charge in [-0.05, 0) is 60.1 Å². The van der Waals surface area contributed by atoms with E-state index < -0.39 is 0 Å². The van der Waals surface area contributed by atoms with E-state index >= 15 is 0 Å². The molecule has 0 spiro atoms. The van der Waals surface area contributed by atoms with Crippen LogP contribution in [-0.2, 0) is 6.42 Å². The van der Waals surface area contributed by atoms with Crippen molar-refractivity contribution < 1.29 is 9.84 Å². The second kappa shape index (κ2) is 6.65. The van der Waals surface area contributed by atoms with Crippen LogP contribution in [0.2, 0.25) is 0 Å². The van der Waals surface area contributed by atoms with Crippen molar-refractivity contribution in [2.75, 3.05) is 7.11 Å². The van der Waals surface area contributed by atoms with E-state index in [9.17, 15) is 5.11 Å². The summed E-state index contributed by atoms with van der Waals surface area (Å²) >= 11 is 1.40. The van der Waals surface area contributed by atoms with Gasteiger partial charge in [-0.1, -0.05) is 25.1 Å². The lowest BCUT2D eigenvalue weighted by Gasteiger charge is -2.12. The third-order valence-electron chi connectivity index (χ3n) is 4.41. The van der Waals surface area contributed by atoms with E-state index in [1.165, 1.54) is 22.7 Å². The van der Waals surface area contributed by atoms with Gasteiger partial charge in [0.1, 0.15) is 11.5 Å². The molecule has 124 valence electrons. The van der Waals surface area contributed by atoms with Gasteiger partial charge in [-0.15, -0.1) is 0 Å². The van der Waals surface area contributed by atoms with Crippen LogP contribution < -0.4 is 4.74 Å². The number of aromatic hydroxyl groups is 1. The lowest BCUT2D eigenvalue weighted by molar-refractivity contribution is 0.403. The second-order valence-corrected chi connectivity index (χ2v) is 6.70. The number of benzene rings is 2. The molecule has 1 heterocycles. The lowest BCUT2D eigenvalue weighted by atomic mass is 9.97. The molecule has 0 atom stereocenters. The Labute approximate surface area is 146 Å². The minimum Gasteiger partial charge on any atom is -0.507 e. The number of hydrogen-bond acceptors (Lipinski definition) is 4. The Morgan fingerprint density at radius 3 is 2.54 bits per heavy atom. The van der Waals surface area contributed by atoms with Gasteiger partial charge in [-0.25, -0.2) is 0 Å². The lowest BCUT2D eigenvalue weighted by Crippen LogP contribution is -1.92. The minimum absolute atomic E-state index is 0.221. The van der Waals surface area contributed by atoms with Gasteiger partial charge >= 0.3 is 0 Å². The Morgan fingerprint density at radius 2 is 1.88 bits per heavy atom. The summed E-state index contributed by atoms with van der Waals surface area (Å²) in [6.07, 6.45) is 2.72. The highest BCUT2D eigenvalue weighted by Crippen LogP contribution is 2.42. The molecule has 0 saturated carbocycles. The normalized spacial score (nSPS) is 10.8. The summed E-state index contributed by atoms with van der Waals surface area (Å²) in [7, 11) is 1.63. The smallest absolute Gasteiger partial charge is 0.128 e. The molecule has 1 N–H and O–H groups in total. The molecule has 2 aromatic carbocycles. The van der Waals surface area contributed by atoms with E-state index in [2.05, 4.69) is 43.3 Å². The highest BCUT2D eigenvalue weighted by Gasteiger charge is 2.17. The second-order valence-electron chi connectivity index (χ2n) is 5.90. The van der Waals surface area contributed by atoms with Crippen molar-refractivity contribution in [3.63, 3.8) is 0 Å². The molecule has 0 unspecified atom stereocenters. The molecular weight excluding hydrogens is 318 g/mol. The van der Waals surface area contributed by atoms with Crippen LogP contribution in [0, 0.1) is 13.8 Å². The zero-order valence-electron chi connectivity index (χ0n) is 14.4. The molecule has 0 aliphatic carbocycles. The zero-order chi connectivity index (χ0) is 17.3. The first kappa shape index (κ1) is 16.5. The van der Waals surface area contributed by atoms with E-state index in [1.807, 2.05) is 12.3 Å². The summed E-state index contributed by atoms with van der Waals surface area (Å²) in [5.41, 5.74) is 6.57. The van der Waals surface area contributed by atoms with Crippen LogP contribution in [0.1, 0.15) is 23.6 Å². The Balaban J connectivity index is 2.15. The van der Waals surface area contributed by atoms with Crippen molar-refractivity contribution in [1.29, 1.82) is 0 Å². The Hall–Kier alpha value is -2.33. The van der Waals surface area contributed by atoms with Gasteiger partial charge in [-0.2, -0.15) is 4.37 Å². The summed E-state index contributed by atoms with van der Waals surface area (Å²) in [5, 5.41) is 10.5. The van der Waals surface area contributed by atoms with Crippen molar-refractivity contribution in [3.05, 3.63) is 53.2 Å². The highest BCUT2D eigenvalue weighted by molar-refractivity contribution is 7.10. The average Bonchev–Trinajstić information content (AvgIpc) is 3.06. The maximum absolute atomic E-state index is 10.5. The van der Waals surface area contributed by atoms with E-state index in [1.54, 1.807) is 13.2 Å².